The normalized spacial score (nSPS) is 11.5. The summed E-state index contributed by atoms with van der Waals surface area (Å²) in [4.78, 5) is 24.9. The molecule has 6 nitrogen and oxygen atoms in total. The third-order valence-corrected chi connectivity index (χ3v) is 4.03. The van der Waals surface area contributed by atoms with Gasteiger partial charge in [-0.15, -0.1) is 5.10 Å². The van der Waals surface area contributed by atoms with Gasteiger partial charge in [0, 0.05) is 18.9 Å². The van der Waals surface area contributed by atoms with Gasteiger partial charge < -0.3 is 0 Å². The van der Waals surface area contributed by atoms with Gasteiger partial charge in [0.15, 0.2) is 0 Å². The Kier molecular flexibility index (Phi) is 4.28. The molecule has 0 atom stereocenters. The average Bonchev–Trinajstić information content (AvgIpc) is 2.86. The maximum absolute atomic E-state index is 13.3. The van der Waals surface area contributed by atoms with Crippen molar-refractivity contribution in [3.8, 4) is 5.69 Å². The van der Waals surface area contributed by atoms with Crippen LogP contribution in [0, 0.1) is 11.7 Å². The molecule has 0 fully saturated rings. The van der Waals surface area contributed by atoms with E-state index in [0.717, 1.165) is 6.42 Å². The summed E-state index contributed by atoms with van der Waals surface area (Å²) in [6.45, 7) is 4.54. The molecule has 0 unspecified atom stereocenters. The van der Waals surface area contributed by atoms with Crippen LogP contribution in [0.15, 0.2) is 40.2 Å². The third-order valence-electron chi connectivity index (χ3n) is 3.75. The topological polar surface area (TPSA) is 61.3 Å². The van der Waals surface area contributed by atoms with Gasteiger partial charge >= 0.3 is 11.2 Å². The van der Waals surface area contributed by atoms with E-state index in [-0.39, 0.29) is 16.4 Å². The summed E-state index contributed by atoms with van der Waals surface area (Å²) in [5.74, 6) is -0.150. The lowest BCUT2D eigenvalue weighted by Crippen LogP contribution is -2.24. The van der Waals surface area contributed by atoms with Crippen LogP contribution in [0.4, 0.5) is 4.39 Å². The van der Waals surface area contributed by atoms with Crippen LogP contribution in [0.5, 0.6) is 0 Å². The molecule has 0 bridgehead atoms. The molecule has 0 amide bonds. The Hall–Kier alpha value is -2.41. The Morgan fingerprint density at radius 3 is 2.67 bits per heavy atom. The molecule has 0 N–H and O–H groups in total. The number of hydrogen-bond donors (Lipinski definition) is 0. The van der Waals surface area contributed by atoms with Crippen molar-refractivity contribution in [2.45, 2.75) is 26.8 Å². The smallest absolute Gasteiger partial charge is 0.280 e. The van der Waals surface area contributed by atoms with Gasteiger partial charge in [-0.2, -0.15) is 0 Å². The number of halogens is 2. The van der Waals surface area contributed by atoms with Crippen LogP contribution in [0.2, 0.25) is 5.02 Å². The van der Waals surface area contributed by atoms with Crippen molar-refractivity contribution >= 4 is 17.2 Å². The Bertz CT molecular complexity index is 1020. The molecule has 0 spiro atoms. The van der Waals surface area contributed by atoms with E-state index >= 15 is 0 Å². The molecular weight excluding hydrogens is 335 g/mol. The summed E-state index contributed by atoms with van der Waals surface area (Å²) in [6.07, 6.45) is 3.69. The van der Waals surface area contributed by atoms with Crippen molar-refractivity contribution in [1.82, 2.24) is 18.7 Å². The summed E-state index contributed by atoms with van der Waals surface area (Å²) in [7, 11) is 0. The molecule has 0 aliphatic carbocycles. The summed E-state index contributed by atoms with van der Waals surface area (Å²) in [5, 5.41) is 4.05. The van der Waals surface area contributed by atoms with E-state index in [1.54, 1.807) is 0 Å². The fourth-order valence-corrected chi connectivity index (χ4v) is 2.55. The van der Waals surface area contributed by atoms with E-state index < -0.39 is 11.4 Å². The average molecular weight is 351 g/mol. The zero-order chi connectivity index (χ0) is 17.4. The highest BCUT2D eigenvalue weighted by Gasteiger charge is 2.13. The van der Waals surface area contributed by atoms with E-state index in [4.69, 9.17) is 11.6 Å². The van der Waals surface area contributed by atoms with Crippen LogP contribution >= 0.6 is 11.6 Å². The fraction of sp³-hybridized carbons (Fsp3) is 0.312. The lowest BCUT2D eigenvalue weighted by atomic mass is 10.1. The highest BCUT2D eigenvalue weighted by Crippen LogP contribution is 2.17. The third kappa shape index (κ3) is 2.87. The molecule has 0 aliphatic rings. The molecule has 8 heteroatoms. The number of aryl methyl sites for hydroxylation is 1. The van der Waals surface area contributed by atoms with Crippen molar-refractivity contribution < 1.29 is 4.39 Å². The first kappa shape index (κ1) is 16.4. The fourth-order valence-electron chi connectivity index (χ4n) is 2.37. The monoisotopic (exact) mass is 350 g/mol. The van der Waals surface area contributed by atoms with E-state index in [1.165, 1.54) is 44.2 Å². The van der Waals surface area contributed by atoms with Crippen LogP contribution in [-0.2, 0) is 6.54 Å². The van der Waals surface area contributed by atoms with Crippen LogP contribution in [0.1, 0.15) is 20.3 Å². The molecule has 0 saturated carbocycles. The number of benzene rings is 1. The predicted octanol–water partition coefficient (Wildman–Crippen LogP) is 2.49. The molecule has 0 aliphatic heterocycles. The number of rotatable bonds is 4. The largest absolute Gasteiger partial charge is 0.350 e. The Morgan fingerprint density at radius 2 is 2.00 bits per heavy atom. The van der Waals surface area contributed by atoms with Gasteiger partial charge in [0.25, 0.3) is 0 Å². The molecule has 3 rings (SSSR count). The molecule has 2 heterocycles. The molecule has 0 saturated heterocycles. The van der Waals surface area contributed by atoms with Crippen LogP contribution in [0.25, 0.3) is 11.3 Å². The second-order valence-corrected chi connectivity index (χ2v) is 6.36. The van der Waals surface area contributed by atoms with Gasteiger partial charge in [-0.05, 0) is 30.5 Å². The molecule has 2 aromatic heterocycles. The lowest BCUT2D eigenvalue weighted by molar-refractivity contribution is 0.478. The lowest BCUT2D eigenvalue weighted by Gasteiger charge is -2.06. The van der Waals surface area contributed by atoms with Gasteiger partial charge in [-0.25, -0.2) is 18.3 Å². The van der Waals surface area contributed by atoms with Gasteiger partial charge in [-0.3, -0.25) is 9.36 Å². The second-order valence-electron chi connectivity index (χ2n) is 5.95. The quantitative estimate of drug-likeness (QED) is 0.726. The Labute approximate surface area is 141 Å². The van der Waals surface area contributed by atoms with Crippen LogP contribution in [-0.4, -0.2) is 18.7 Å². The predicted molar refractivity (Wildman–Crippen MR) is 89.5 cm³/mol. The van der Waals surface area contributed by atoms with E-state index in [2.05, 4.69) is 5.10 Å². The molecule has 1 aromatic carbocycles. The van der Waals surface area contributed by atoms with Gasteiger partial charge in [0.2, 0.25) is 5.65 Å². The van der Waals surface area contributed by atoms with Crippen molar-refractivity contribution in [3.63, 3.8) is 0 Å². The summed E-state index contributed by atoms with van der Waals surface area (Å²) >= 11 is 5.77. The van der Waals surface area contributed by atoms with Crippen molar-refractivity contribution in [3.05, 3.63) is 62.3 Å². The Morgan fingerprint density at radius 1 is 1.25 bits per heavy atom. The summed E-state index contributed by atoms with van der Waals surface area (Å²) in [5.41, 5.74) is -0.405. The van der Waals surface area contributed by atoms with Crippen LogP contribution in [0.3, 0.4) is 0 Å². The highest BCUT2D eigenvalue weighted by atomic mass is 35.5. The standard InChI is InChI=1S/C16H16ClFN4O2/c1-10(2)5-6-22-16(24)21-8-7-20(15(23)14(21)19-22)11-3-4-13(18)12(17)9-11/h3-4,7-10H,5-6H2,1-2H3. The number of nitrogens with zero attached hydrogens (tertiary/aromatic N) is 4. The van der Waals surface area contributed by atoms with Crippen molar-refractivity contribution in [2.24, 2.45) is 5.92 Å². The minimum Gasteiger partial charge on any atom is -0.280 e. The van der Waals surface area contributed by atoms with E-state index in [0.29, 0.717) is 18.2 Å². The van der Waals surface area contributed by atoms with Crippen molar-refractivity contribution in [1.29, 1.82) is 0 Å². The van der Waals surface area contributed by atoms with E-state index in [9.17, 15) is 14.0 Å². The first-order valence-electron chi connectivity index (χ1n) is 7.54. The zero-order valence-corrected chi connectivity index (χ0v) is 14.0. The minimum atomic E-state index is -0.566. The van der Waals surface area contributed by atoms with Crippen LogP contribution < -0.4 is 11.2 Å². The maximum atomic E-state index is 13.3. The number of aromatic nitrogens is 4. The first-order valence-corrected chi connectivity index (χ1v) is 7.92. The zero-order valence-electron chi connectivity index (χ0n) is 13.2. The first-order chi connectivity index (χ1) is 11.4. The summed E-state index contributed by atoms with van der Waals surface area (Å²) < 4.78 is 17.1. The second kappa shape index (κ2) is 6.24. The maximum Gasteiger partial charge on any atom is 0.350 e. The molecule has 0 radical (unpaired) electrons. The molecular formula is C16H16ClFN4O2. The molecule has 126 valence electrons. The van der Waals surface area contributed by atoms with E-state index in [1.807, 2.05) is 13.8 Å². The van der Waals surface area contributed by atoms with Gasteiger partial charge in [-0.1, -0.05) is 25.4 Å². The Balaban J connectivity index is 2.12. The summed E-state index contributed by atoms with van der Waals surface area (Å²) in [6, 6.07) is 3.97. The number of hydrogen-bond acceptors (Lipinski definition) is 3. The number of fused-ring (bicyclic) bond motifs is 1. The molecule has 24 heavy (non-hydrogen) atoms. The highest BCUT2D eigenvalue weighted by molar-refractivity contribution is 6.30. The SMILES string of the molecule is CC(C)CCn1nc2c(=O)n(-c3ccc(F)c(Cl)c3)ccn2c1=O. The molecule has 3 aromatic rings. The van der Waals surface area contributed by atoms with Gasteiger partial charge in [0.1, 0.15) is 5.82 Å². The minimum absolute atomic E-state index is 0.0201. The van der Waals surface area contributed by atoms with Crippen molar-refractivity contribution in [2.75, 3.05) is 0 Å². The van der Waals surface area contributed by atoms with Gasteiger partial charge in [0.05, 0.1) is 10.7 Å².